The van der Waals surface area contributed by atoms with Gasteiger partial charge in [-0.15, -0.1) is 0 Å². The summed E-state index contributed by atoms with van der Waals surface area (Å²) in [6.07, 6.45) is 0.676. The lowest BCUT2D eigenvalue weighted by molar-refractivity contribution is -0.154. The van der Waals surface area contributed by atoms with Crippen molar-refractivity contribution in [1.29, 1.82) is 0 Å². The number of rotatable bonds is 8. The summed E-state index contributed by atoms with van der Waals surface area (Å²) in [7, 11) is -3.31. The predicted octanol–water partition coefficient (Wildman–Crippen LogP) is 0.317. The molecular formula is C12H17NO6S. The summed E-state index contributed by atoms with van der Waals surface area (Å²) in [5.74, 6) is -2.34. The molecule has 2 amide bonds. The first kappa shape index (κ1) is 16.4. The van der Waals surface area contributed by atoms with E-state index in [1.165, 1.54) is 0 Å². The first-order valence-corrected chi connectivity index (χ1v) is 7.93. The molecule has 7 nitrogen and oxygen atoms in total. The number of carboxylic acids is 1. The SMILES string of the molecule is C=CS(=O)(=O)CCCCC(C(=O)O)N1C(=O)CCC1=O. The van der Waals surface area contributed by atoms with Crippen molar-refractivity contribution in [3.63, 3.8) is 0 Å². The first-order valence-electron chi connectivity index (χ1n) is 6.21. The van der Waals surface area contributed by atoms with E-state index >= 15 is 0 Å². The van der Waals surface area contributed by atoms with Gasteiger partial charge in [0, 0.05) is 18.2 Å². The van der Waals surface area contributed by atoms with E-state index in [1.54, 1.807) is 0 Å². The van der Waals surface area contributed by atoms with Gasteiger partial charge in [0.2, 0.25) is 11.8 Å². The van der Waals surface area contributed by atoms with Crippen LogP contribution in [-0.2, 0) is 24.2 Å². The maximum Gasteiger partial charge on any atom is 0.326 e. The standard InChI is InChI=1S/C12H17NO6S/c1-2-20(18,19)8-4-3-5-9(12(16)17)13-10(14)6-7-11(13)15/h2,9H,1,3-8H2,(H,16,17). The zero-order valence-corrected chi connectivity index (χ0v) is 11.8. The Balaban J connectivity index is 2.57. The first-order chi connectivity index (χ1) is 9.28. The molecular weight excluding hydrogens is 286 g/mol. The molecule has 20 heavy (non-hydrogen) atoms. The van der Waals surface area contributed by atoms with Gasteiger partial charge in [-0.3, -0.25) is 14.5 Å². The Morgan fingerprint density at radius 1 is 1.30 bits per heavy atom. The van der Waals surface area contributed by atoms with Gasteiger partial charge in [-0.05, 0) is 19.3 Å². The topological polar surface area (TPSA) is 109 Å². The van der Waals surface area contributed by atoms with E-state index in [4.69, 9.17) is 5.11 Å². The van der Waals surface area contributed by atoms with Crippen LogP contribution in [0.4, 0.5) is 0 Å². The molecule has 0 aromatic heterocycles. The van der Waals surface area contributed by atoms with Crippen molar-refractivity contribution in [1.82, 2.24) is 4.90 Å². The Bertz CT molecular complexity index is 508. The normalized spacial score (nSPS) is 17.3. The molecule has 8 heteroatoms. The Kier molecular flexibility index (Phi) is 5.43. The van der Waals surface area contributed by atoms with E-state index in [9.17, 15) is 22.8 Å². The van der Waals surface area contributed by atoms with Crippen molar-refractivity contribution in [2.75, 3.05) is 5.75 Å². The van der Waals surface area contributed by atoms with E-state index < -0.39 is 33.7 Å². The molecule has 1 heterocycles. The smallest absolute Gasteiger partial charge is 0.326 e. The highest BCUT2D eigenvalue weighted by Crippen LogP contribution is 2.19. The highest BCUT2D eigenvalue weighted by atomic mass is 32.2. The van der Waals surface area contributed by atoms with Gasteiger partial charge in [0.1, 0.15) is 6.04 Å². The van der Waals surface area contributed by atoms with Crippen LogP contribution in [0.25, 0.3) is 0 Å². The van der Waals surface area contributed by atoms with Gasteiger partial charge in [0.15, 0.2) is 9.84 Å². The number of amides is 2. The van der Waals surface area contributed by atoms with Gasteiger partial charge in [-0.2, -0.15) is 0 Å². The number of aliphatic carboxylic acids is 1. The van der Waals surface area contributed by atoms with Crippen LogP contribution in [0.5, 0.6) is 0 Å². The van der Waals surface area contributed by atoms with Crippen LogP contribution < -0.4 is 0 Å². The molecule has 1 fully saturated rings. The Labute approximate surface area is 117 Å². The molecule has 0 aliphatic carbocycles. The lowest BCUT2D eigenvalue weighted by atomic mass is 10.1. The lowest BCUT2D eigenvalue weighted by Gasteiger charge is -2.22. The fraction of sp³-hybridized carbons (Fsp3) is 0.583. The van der Waals surface area contributed by atoms with E-state index in [0.717, 1.165) is 10.3 Å². The van der Waals surface area contributed by atoms with Crippen molar-refractivity contribution in [3.05, 3.63) is 12.0 Å². The molecule has 1 aliphatic heterocycles. The summed E-state index contributed by atoms with van der Waals surface area (Å²) < 4.78 is 22.4. The third-order valence-corrected chi connectivity index (χ3v) is 4.46. The maximum atomic E-state index is 11.5. The minimum absolute atomic E-state index is 0.0352. The van der Waals surface area contributed by atoms with Crippen molar-refractivity contribution >= 4 is 27.6 Å². The van der Waals surface area contributed by atoms with Crippen LogP contribution in [0.1, 0.15) is 32.1 Å². The lowest BCUT2D eigenvalue weighted by Crippen LogP contribution is -2.44. The molecule has 0 spiro atoms. The quantitative estimate of drug-likeness (QED) is 0.511. The summed E-state index contributed by atoms with van der Waals surface area (Å²) in [6, 6.07) is -1.20. The van der Waals surface area contributed by atoms with Crippen molar-refractivity contribution < 1.29 is 27.9 Å². The number of hydrogen-bond acceptors (Lipinski definition) is 5. The molecule has 112 valence electrons. The number of nitrogens with zero attached hydrogens (tertiary/aromatic N) is 1. The predicted molar refractivity (Wildman–Crippen MR) is 70.3 cm³/mol. The van der Waals surface area contributed by atoms with Crippen molar-refractivity contribution in [2.24, 2.45) is 0 Å². The van der Waals surface area contributed by atoms with E-state index in [0.29, 0.717) is 6.42 Å². The van der Waals surface area contributed by atoms with Gasteiger partial charge < -0.3 is 5.11 Å². The van der Waals surface area contributed by atoms with E-state index in [1.807, 2.05) is 0 Å². The number of carbonyl (C=O) groups excluding carboxylic acids is 2. The number of likely N-dealkylation sites (tertiary alicyclic amines) is 1. The Morgan fingerprint density at radius 2 is 1.85 bits per heavy atom. The number of carboxylic acid groups (broad SMARTS) is 1. The fourth-order valence-electron chi connectivity index (χ4n) is 2.03. The largest absolute Gasteiger partial charge is 0.480 e. The number of unbranched alkanes of at least 4 members (excludes halogenated alkanes) is 1. The van der Waals surface area contributed by atoms with E-state index in [2.05, 4.69) is 6.58 Å². The summed E-state index contributed by atoms with van der Waals surface area (Å²) in [5.41, 5.74) is 0. The monoisotopic (exact) mass is 303 g/mol. The number of imide groups is 1. The fourth-order valence-corrected chi connectivity index (χ4v) is 2.80. The zero-order chi connectivity index (χ0) is 15.3. The number of hydrogen-bond donors (Lipinski definition) is 1. The maximum absolute atomic E-state index is 11.5. The van der Waals surface area contributed by atoms with Gasteiger partial charge in [-0.1, -0.05) is 6.58 Å². The van der Waals surface area contributed by atoms with Gasteiger partial charge in [-0.25, -0.2) is 13.2 Å². The molecule has 0 aromatic rings. The highest BCUT2D eigenvalue weighted by molar-refractivity contribution is 7.94. The molecule has 0 radical (unpaired) electrons. The summed E-state index contributed by atoms with van der Waals surface area (Å²) in [4.78, 5) is 34.9. The van der Waals surface area contributed by atoms with Crippen LogP contribution in [0.15, 0.2) is 12.0 Å². The number of carbonyl (C=O) groups is 3. The molecule has 1 saturated heterocycles. The van der Waals surface area contributed by atoms with Gasteiger partial charge >= 0.3 is 5.97 Å². The second-order valence-corrected chi connectivity index (χ2v) is 6.61. The van der Waals surface area contributed by atoms with E-state index in [-0.39, 0.29) is 31.4 Å². The zero-order valence-electron chi connectivity index (χ0n) is 10.9. The van der Waals surface area contributed by atoms with Gasteiger partial charge in [0.25, 0.3) is 0 Å². The Hall–Kier alpha value is -1.70. The van der Waals surface area contributed by atoms with Crippen LogP contribution in [0.3, 0.4) is 0 Å². The van der Waals surface area contributed by atoms with Crippen molar-refractivity contribution in [2.45, 2.75) is 38.1 Å². The molecule has 0 aromatic carbocycles. The summed E-state index contributed by atoms with van der Waals surface area (Å²) in [5, 5.41) is 9.95. The van der Waals surface area contributed by atoms with Crippen molar-refractivity contribution in [3.8, 4) is 0 Å². The van der Waals surface area contributed by atoms with Crippen LogP contribution >= 0.6 is 0 Å². The van der Waals surface area contributed by atoms with Crippen LogP contribution in [-0.4, -0.2) is 48.0 Å². The minimum atomic E-state index is -3.31. The second-order valence-electron chi connectivity index (χ2n) is 4.54. The second kappa shape index (κ2) is 6.65. The molecule has 1 atom stereocenters. The average Bonchev–Trinajstić information content (AvgIpc) is 2.69. The molecule has 0 bridgehead atoms. The minimum Gasteiger partial charge on any atom is -0.480 e. The molecule has 1 aliphatic rings. The van der Waals surface area contributed by atoms with Crippen LogP contribution in [0, 0.1) is 0 Å². The molecule has 1 N–H and O–H groups in total. The molecule has 0 saturated carbocycles. The third kappa shape index (κ3) is 4.16. The highest BCUT2D eigenvalue weighted by Gasteiger charge is 2.38. The Morgan fingerprint density at radius 3 is 2.30 bits per heavy atom. The van der Waals surface area contributed by atoms with Crippen LogP contribution in [0.2, 0.25) is 0 Å². The molecule has 1 rings (SSSR count). The van der Waals surface area contributed by atoms with Gasteiger partial charge in [0.05, 0.1) is 5.75 Å². The average molecular weight is 303 g/mol. The third-order valence-electron chi connectivity index (χ3n) is 3.10. The number of sulfone groups is 1. The molecule has 1 unspecified atom stereocenters. The summed E-state index contributed by atoms with van der Waals surface area (Å²) >= 11 is 0. The summed E-state index contributed by atoms with van der Waals surface area (Å²) in [6.45, 7) is 3.18.